The molecule has 1 aromatic carbocycles. The highest BCUT2D eigenvalue weighted by molar-refractivity contribution is 5.34. The number of benzene rings is 1. The number of hydrazine groups is 1. The monoisotopic (exact) mass is 262 g/mol. The van der Waals surface area contributed by atoms with Crippen molar-refractivity contribution in [1.29, 1.82) is 0 Å². The predicted octanol–water partition coefficient (Wildman–Crippen LogP) is 4.04. The minimum Gasteiger partial charge on any atom is -0.271 e. The molecule has 2 heteroatoms. The number of hydrogen-bond acceptors (Lipinski definition) is 2. The third-order valence-electron chi connectivity index (χ3n) is 3.99. The fourth-order valence-corrected chi connectivity index (χ4v) is 2.66. The van der Waals surface area contributed by atoms with Crippen LogP contribution in [-0.4, -0.2) is 6.04 Å². The standard InChI is InChI=1S/C17H30N2/c1-4-5-6-7-8-12-16(19-18)13-17-14(2)10-9-11-15(17)3/h9-11,16,19H,4-8,12-13,18H2,1-3H3. The maximum atomic E-state index is 5.71. The van der Waals surface area contributed by atoms with E-state index in [0.29, 0.717) is 6.04 Å². The smallest absolute Gasteiger partial charge is 0.0251 e. The van der Waals surface area contributed by atoms with Crippen LogP contribution in [0.1, 0.15) is 62.1 Å². The van der Waals surface area contributed by atoms with E-state index in [1.165, 1.54) is 55.2 Å². The van der Waals surface area contributed by atoms with Crippen LogP contribution in [0.4, 0.5) is 0 Å². The minimum absolute atomic E-state index is 0.404. The van der Waals surface area contributed by atoms with Gasteiger partial charge in [-0.1, -0.05) is 57.2 Å². The summed E-state index contributed by atoms with van der Waals surface area (Å²) in [7, 11) is 0. The van der Waals surface area contributed by atoms with E-state index in [2.05, 4.69) is 44.4 Å². The molecule has 0 amide bonds. The van der Waals surface area contributed by atoms with Crippen LogP contribution < -0.4 is 11.3 Å². The number of rotatable bonds is 9. The summed E-state index contributed by atoms with van der Waals surface area (Å²) >= 11 is 0. The summed E-state index contributed by atoms with van der Waals surface area (Å²) in [5.41, 5.74) is 7.21. The summed E-state index contributed by atoms with van der Waals surface area (Å²) in [5, 5.41) is 0. The molecular weight excluding hydrogens is 232 g/mol. The molecule has 0 heterocycles. The zero-order valence-corrected chi connectivity index (χ0v) is 12.8. The molecule has 0 bridgehead atoms. The molecule has 0 aliphatic heterocycles. The van der Waals surface area contributed by atoms with Crippen molar-refractivity contribution in [1.82, 2.24) is 5.43 Å². The van der Waals surface area contributed by atoms with Gasteiger partial charge in [-0.2, -0.15) is 0 Å². The Balaban J connectivity index is 2.43. The zero-order valence-electron chi connectivity index (χ0n) is 12.8. The molecule has 1 atom stereocenters. The van der Waals surface area contributed by atoms with Gasteiger partial charge in [0, 0.05) is 6.04 Å². The number of hydrogen-bond donors (Lipinski definition) is 2. The summed E-state index contributed by atoms with van der Waals surface area (Å²) in [4.78, 5) is 0. The van der Waals surface area contributed by atoms with Gasteiger partial charge in [-0.15, -0.1) is 0 Å². The average Bonchev–Trinajstić information content (AvgIpc) is 2.40. The van der Waals surface area contributed by atoms with Gasteiger partial charge >= 0.3 is 0 Å². The van der Waals surface area contributed by atoms with Crippen LogP contribution in [0.5, 0.6) is 0 Å². The lowest BCUT2D eigenvalue weighted by Gasteiger charge is -2.18. The van der Waals surface area contributed by atoms with Crippen LogP contribution in [0.15, 0.2) is 18.2 Å². The van der Waals surface area contributed by atoms with Crippen LogP contribution in [0.3, 0.4) is 0 Å². The van der Waals surface area contributed by atoms with Crippen LogP contribution in [0.2, 0.25) is 0 Å². The molecule has 19 heavy (non-hydrogen) atoms. The number of nitrogens with two attached hydrogens (primary N) is 1. The fourth-order valence-electron chi connectivity index (χ4n) is 2.66. The molecule has 2 nitrogen and oxygen atoms in total. The fraction of sp³-hybridized carbons (Fsp3) is 0.647. The number of unbranched alkanes of at least 4 members (excludes halogenated alkanes) is 4. The maximum absolute atomic E-state index is 5.71. The molecule has 0 spiro atoms. The first-order chi connectivity index (χ1) is 9.19. The minimum atomic E-state index is 0.404. The lowest BCUT2D eigenvalue weighted by Crippen LogP contribution is -2.37. The third-order valence-corrected chi connectivity index (χ3v) is 3.99. The lowest BCUT2D eigenvalue weighted by molar-refractivity contribution is 0.459. The molecule has 0 saturated carbocycles. The predicted molar refractivity (Wildman–Crippen MR) is 84.1 cm³/mol. The average molecular weight is 262 g/mol. The van der Waals surface area contributed by atoms with Gasteiger partial charge in [0.25, 0.3) is 0 Å². The van der Waals surface area contributed by atoms with Gasteiger partial charge in [0.15, 0.2) is 0 Å². The van der Waals surface area contributed by atoms with Gasteiger partial charge in [-0.25, -0.2) is 0 Å². The second kappa shape index (κ2) is 9.11. The van der Waals surface area contributed by atoms with Crippen LogP contribution in [0, 0.1) is 13.8 Å². The van der Waals surface area contributed by atoms with Crippen LogP contribution in [0.25, 0.3) is 0 Å². The normalized spacial score (nSPS) is 12.6. The Kier molecular flexibility index (Phi) is 7.76. The van der Waals surface area contributed by atoms with Crippen molar-refractivity contribution in [3.8, 4) is 0 Å². The molecular formula is C17H30N2. The number of nitrogens with one attached hydrogen (secondary N) is 1. The summed E-state index contributed by atoms with van der Waals surface area (Å²) in [6, 6.07) is 6.92. The van der Waals surface area contributed by atoms with Gasteiger partial charge in [0.2, 0.25) is 0 Å². The Bertz CT molecular complexity index is 340. The van der Waals surface area contributed by atoms with E-state index >= 15 is 0 Å². The van der Waals surface area contributed by atoms with E-state index < -0.39 is 0 Å². The Morgan fingerprint density at radius 1 is 1.05 bits per heavy atom. The lowest BCUT2D eigenvalue weighted by atomic mass is 9.94. The van der Waals surface area contributed by atoms with Gasteiger partial charge in [0.1, 0.15) is 0 Å². The Morgan fingerprint density at radius 2 is 1.68 bits per heavy atom. The van der Waals surface area contributed by atoms with Crippen molar-refractivity contribution in [2.24, 2.45) is 5.84 Å². The van der Waals surface area contributed by atoms with Crippen molar-refractivity contribution >= 4 is 0 Å². The molecule has 0 fully saturated rings. The van der Waals surface area contributed by atoms with E-state index in [4.69, 9.17) is 5.84 Å². The highest BCUT2D eigenvalue weighted by atomic mass is 15.2. The van der Waals surface area contributed by atoms with Crippen molar-refractivity contribution in [3.05, 3.63) is 34.9 Å². The molecule has 1 unspecified atom stereocenters. The van der Waals surface area contributed by atoms with E-state index in [1.807, 2.05) is 0 Å². The molecule has 1 aromatic rings. The topological polar surface area (TPSA) is 38.0 Å². The SMILES string of the molecule is CCCCCCCC(Cc1c(C)cccc1C)NN. The third kappa shape index (κ3) is 5.75. The first-order valence-electron chi connectivity index (χ1n) is 7.70. The summed E-state index contributed by atoms with van der Waals surface area (Å²) < 4.78 is 0. The second-order valence-corrected chi connectivity index (χ2v) is 5.64. The second-order valence-electron chi connectivity index (χ2n) is 5.64. The van der Waals surface area contributed by atoms with E-state index in [-0.39, 0.29) is 0 Å². The highest BCUT2D eigenvalue weighted by Crippen LogP contribution is 2.17. The van der Waals surface area contributed by atoms with Crippen LogP contribution >= 0.6 is 0 Å². The van der Waals surface area contributed by atoms with Crippen molar-refractivity contribution < 1.29 is 0 Å². The van der Waals surface area contributed by atoms with Crippen molar-refractivity contribution in [2.75, 3.05) is 0 Å². The first-order valence-corrected chi connectivity index (χ1v) is 7.70. The quantitative estimate of drug-likeness (QED) is 0.400. The molecule has 0 aliphatic carbocycles. The largest absolute Gasteiger partial charge is 0.271 e. The summed E-state index contributed by atoms with van der Waals surface area (Å²) in [6.45, 7) is 6.64. The van der Waals surface area contributed by atoms with Crippen molar-refractivity contribution in [3.63, 3.8) is 0 Å². The molecule has 0 radical (unpaired) electrons. The first kappa shape index (κ1) is 16.2. The summed E-state index contributed by atoms with van der Waals surface area (Å²) in [6.07, 6.45) is 8.85. The van der Waals surface area contributed by atoms with Crippen LogP contribution in [-0.2, 0) is 6.42 Å². The Hall–Kier alpha value is -0.860. The molecule has 1 rings (SSSR count). The number of aryl methyl sites for hydroxylation is 2. The van der Waals surface area contributed by atoms with Gasteiger partial charge in [-0.3, -0.25) is 11.3 Å². The van der Waals surface area contributed by atoms with E-state index in [9.17, 15) is 0 Å². The molecule has 3 N–H and O–H groups in total. The maximum Gasteiger partial charge on any atom is 0.0251 e. The Morgan fingerprint density at radius 3 is 2.26 bits per heavy atom. The highest BCUT2D eigenvalue weighted by Gasteiger charge is 2.10. The van der Waals surface area contributed by atoms with Gasteiger partial charge < -0.3 is 0 Å². The molecule has 0 aromatic heterocycles. The van der Waals surface area contributed by atoms with Gasteiger partial charge in [-0.05, 0) is 43.4 Å². The molecule has 108 valence electrons. The summed E-state index contributed by atoms with van der Waals surface area (Å²) in [5.74, 6) is 5.71. The zero-order chi connectivity index (χ0) is 14.1. The molecule has 0 aliphatic rings. The molecule has 0 saturated heterocycles. The Labute approximate surface area is 118 Å². The van der Waals surface area contributed by atoms with E-state index in [0.717, 1.165) is 6.42 Å². The van der Waals surface area contributed by atoms with Gasteiger partial charge in [0.05, 0.1) is 0 Å². The van der Waals surface area contributed by atoms with E-state index in [1.54, 1.807) is 0 Å². The van der Waals surface area contributed by atoms with Crippen molar-refractivity contribution in [2.45, 2.75) is 71.8 Å².